The van der Waals surface area contributed by atoms with Gasteiger partial charge in [0.25, 0.3) is 0 Å². The minimum absolute atomic E-state index is 0.0387. The van der Waals surface area contributed by atoms with Crippen molar-refractivity contribution in [2.75, 3.05) is 12.3 Å². The van der Waals surface area contributed by atoms with Crippen LogP contribution < -0.4 is 15.2 Å². The fourth-order valence-electron chi connectivity index (χ4n) is 2.01. The lowest BCUT2D eigenvalue weighted by atomic mass is 10.0. The molecular weight excluding hydrogens is 307 g/mol. The summed E-state index contributed by atoms with van der Waals surface area (Å²) < 4.78 is 47.0. The van der Waals surface area contributed by atoms with Gasteiger partial charge in [0.15, 0.2) is 11.5 Å². The zero-order valence-corrected chi connectivity index (χ0v) is 12.9. The zero-order chi connectivity index (χ0) is 17.0. The van der Waals surface area contributed by atoms with Crippen molar-refractivity contribution in [2.45, 2.75) is 20.2 Å². The Morgan fingerprint density at radius 1 is 1.04 bits per heavy atom. The molecule has 0 saturated carbocycles. The standard InChI is InChI=1S/C17H18F3NO2/c1-11(2)10-22-16-9-12(13-5-3-4-6-14(13)21)7-8-15(16)23-17(18,19)20/h3-9,11H,10,21H2,1-2H3. The van der Waals surface area contributed by atoms with Gasteiger partial charge in [-0.3, -0.25) is 0 Å². The van der Waals surface area contributed by atoms with Crippen molar-refractivity contribution < 1.29 is 22.6 Å². The topological polar surface area (TPSA) is 44.5 Å². The predicted molar refractivity (Wildman–Crippen MR) is 83.3 cm³/mol. The van der Waals surface area contributed by atoms with Crippen molar-refractivity contribution in [3.8, 4) is 22.6 Å². The van der Waals surface area contributed by atoms with Crippen LogP contribution in [0.25, 0.3) is 11.1 Å². The summed E-state index contributed by atoms with van der Waals surface area (Å²) in [6, 6.07) is 11.4. The molecule has 124 valence electrons. The molecule has 3 nitrogen and oxygen atoms in total. The van der Waals surface area contributed by atoms with Gasteiger partial charge in [-0.15, -0.1) is 13.2 Å². The molecule has 0 aliphatic carbocycles. The first-order chi connectivity index (χ1) is 10.8. The van der Waals surface area contributed by atoms with E-state index in [0.29, 0.717) is 11.3 Å². The highest BCUT2D eigenvalue weighted by Crippen LogP contribution is 2.37. The Balaban J connectivity index is 2.40. The van der Waals surface area contributed by atoms with Crippen molar-refractivity contribution in [1.29, 1.82) is 0 Å². The number of nitrogens with two attached hydrogens (primary N) is 1. The lowest BCUT2D eigenvalue weighted by Gasteiger charge is -2.17. The van der Waals surface area contributed by atoms with E-state index < -0.39 is 6.36 Å². The fraction of sp³-hybridized carbons (Fsp3) is 0.294. The zero-order valence-electron chi connectivity index (χ0n) is 12.9. The molecule has 0 amide bonds. The number of ether oxygens (including phenoxy) is 2. The molecule has 2 aromatic carbocycles. The molecule has 0 bridgehead atoms. The third-order valence-corrected chi connectivity index (χ3v) is 3.01. The normalized spacial score (nSPS) is 11.6. The van der Waals surface area contributed by atoms with Crippen molar-refractivity contribution in [3.63, 3.8) is 0 Å². The smallest absolute Gasteiger partial charge is 0.489 e. The summed E-state index contributed by atoms with van der Waals surface area (Å²) in [5, 5.41) is 0. The third kappa shape index (κ3) is 4.81. The van der Waals surface area contributed by atoms with Crippen molar-refractivity contribution in [3.05, 3.63) is 42.5 Å². The molecule has 23 heavy (non-hydrogen) atoms. The van der Waals surface area contributed by atoms with Gasteiger partial charge in [0, 0.05) is 11.3 Å². The number of halogens is 3. The Morgan fingerprint density at radius 2 is 1.74 bits per heavy atom. The molecule has 0 radical (unpaired) electrons. The molecule has 0 saturated heterocycles. The van der Waals surface area contributed by atoms with Crippen LogP contribution in [0, 0.1) is 5.92 Å². The molecule has 0 heterocycles. The molecule has 2 N–H and O–H groups in total. The van der Waals surface area contributed by atoms with E-state index in [2.05, 4.69) is 4.74 Å². The first-order valence-corrected chi connectivity index (χ1v) is 7.14. The van der Waals surface area contributed by atoms with Crippen molar-refractivity contribution in [2.24, 2.45) is 5.92 Å². The van der Waals surface area contributed by atoms with Crippen LogP contribution in [-0.2, 0) is 0 Å². The number of anilines is 1. The van der Waals surface area contributed by atoms with E-state index in [-0.39, 0.29) is 24.0 Å². The molecular formula is C17H18F3NO2. The van der Waals surface area contributed by atoms with Crippen molar-refractivity contribution in [1.82, 2.24) is 0 Å². The van der Waals surface area contributed by atoms with Gasteiger partial charge in [-0.25, -0.2) is 0 Å². The molecule has 0 fully saturated rings. The number of hydrogen-bond donors (Lipinski definition) is 1. The van der Waals surface area contributed by atoms with E-state index in [1.165, 1.54) is 18.2 Å². The van der Waals surface area contributed by atoms with E-state index >= 15 is 0 Å². The highest BCUT2D eigenvalue weighted by molar-refractivity contribution is 5.77. The highest BCUT2D eigenvalue weighted by atomic mass is 19.4. The highest BCUT2D eigenvalue weighted by Gasteiger charge is 2.32. The van der Waals surface area contributed by atoms with E-state index in [9.17, 15) is 13.2 Å². The summed E-state index contributed by atoms with van der Waals surface area (Å²) in [5.74, 6) is -0.160. The average molecular weight is 325 g/mol. The maximum atomic E-state index is 12.5. The largest absolute Gasteiger partial charge is 0.573 e. The molecule has 0 aliphatic rings. The van der Waals surface area contributed by atoms with E-state index in [1.54, 1.807) is 24.3 Å². The maximum Gasteiger partial charge on any atom is 0.573 e. The Bertz CT molecular complexity index is 669. The summed E-state index contributed by atoms with van der Waals surface area (Å²) in [6.45, 7) is 4.09. The van der Waals surface area contributed by atoms with Crippen LogP contribution in [0.1, 0.15) is 13.8 Å². The number of benzene rings is 2. The van der Waals surface area contributed by atoms with Crippen LogP contribution in [-0.4, -0.2) is 13.0 Å². The van der Waals surface area contributed by atoms with Crippen LogP contribution in [0.3, 0.4) is 0 Å². The molecule has 2 rings (SSSR count). The van der Waals surface area contributed by atoms with Gasteiger partial charge in [-0.1, -0.05) is 38.1 Å². The van der Waals surface area contributed by atoms with Crippen LogP contribution in [0.2, 0.25) is 0 Å². The SMILES string of the molecule is CC(C)COc1cc(-c2ccccc2N)ccc1OC(F)(F)F. The first-order valence-electron chi connectivity index (χ1n) is 7.14. The second-order valence-electron chi connectivity index (χ2n) is 5.50. The predicted octanol–water partition coefficient (Wildman–Crippen LogP) is 4.87. The fourth-order valence-corrected chi connectivity index (χ4v) is 2.01. The Morgan fingerprint density at radius 3 is 2.35 bits per heavy atom. The maximum absolute atomic E-state index is 12.5. The van der Waals surface area contributed by atoms with E-state index in [0.717, 1.165) is 5.56 Å². The molecule has 0 spiro atoms. The van der Waals surface area contributed by atoms with Gasteiger partial charge in [0.2, 0.25) is 0 Å². The van der Waals surface area contributed by atoms with Gasteiger partial charge in [-0.2, -0.15) is 0 Å². The first kappa shape index (κ1) is 17.0. The lowest BCUT2D eigenvalue weighted by molar-refractivity contribution is -0.275. The van der Waals surface area contributed by atoms with E-state index in [4.69, 9.17) is 10.5 Å². The summed E-state index contributed by atoms with van der Waals surface area (Å²) >= 11 is 0. The number of para-hydroxylation sites is 1. The monoisotopic (exact) mass is 325 g/mol. The molecule has 0 atom stereocenters. The average Bonchev–Trinajstić information content (AvgIpc) is 2.45. The summed E-state index contributed by atoms with van der Waals surface area (Å²) in [7, 11) is 0. The van der Waals surface area contributed by atoms with Gasteiger partial charge in [0.1, 0.15) is 0 Å². The van der Waals surface area contributed by atoms with Crippen molar-refractivity contribution >= 4 is 5.69 Å². The minimum atomic E-state index is -4.77. The Labute approximate surface area is 132 Å². The second-order valence-corrected chi connectivity index (χ2v) is 5.50. The van der Waals surface area contributed by atoms with Gasteiger partial charge < -0.3 is 15.2 Å². The number of nitrogen functional groups attached to an aromatic ring is 1. The van der Waals surface area contributed by atoms with E-state index in [1.807, 2.05) is 13.8 Å². The number of alkyl halides is 3. The van der Waals surface area contributed by atoms with Gasteiger partial charge in [0.05, 0.1) is 6.61 Å². The minimum Gasteiger partial charge on any atom is -0.489 e. The molecule has 2 aromatic rings. The van der Waals surface area contributed by atoms with Crippen LogP contribution in [0.15, 0.2) is 42.5 Å². The lowest BCUT2D eigenvalue weighted by Crippen LogP contribution is -2.18. The van der Waals surface area contributed by atoms with Crippen LogP contribution in [0.4, 0.5) is 18.9 Å². The quantitative estimate of drug-likeness (QED) is 0.798. The van der Waals surface area contributed by atoms with Crippen LogP contribution >= 0.6 is 0 Å². The number of hydrogen-bond acceptors (Lipinski definition) is 3. The Kier molecular flexibility index (Phi) is 5.03. The number of rotatable bonds is 5. The molecule has 0 aromatic heterocycles. The second kappa shape index (κ2) is 6.81. The summed E-state index contributed by atoms with van der Waals surface area (Å²) in [4.78, 5) is 0. The van der Waals surface area contributed by atoms with Gasteiger partial charge in [-0.05, 0) is 29.7 Å². The van der Waals surface area contributed by atoms with Gasteiger partial charge >= 0.3 is 6.36 Å². The van der Waals surface area contributed by atoms with Crippen LogP contribution in [0.5, 0.6) is 11.5 Å². The molecule has 6 heteroatoms. The summed E-state index contributed by atoms with van der Waals surface area (Å²) in [5.41, 5.74) is 7.83. The Hall–Kier alpha value is -2.37. The summed E-state index contributed by atoms with van der Waals surface area (Å²) in [6.07, 6.45) is -4.77. The molecule has 0 unspecified atom stereocenters. The third-order valence-electron chi connectivity index (χ3n) is 3.01. The molecule has 0 aliphatic heterocycles.